The standard InChI is InChI=1S/C24H22F6N2O3/c1-13-18(22(31)33)12-19(15-9-16(23(25,26)27)11-17(10-15)24(28,29)30)32(13)7-6-14-4-5-20(34-2)21(8-14)35-3/h4-5,8-12H,6-7H2,1-3H3,(H2,31,33). The van der Waals surface area contributed by atoms with Crippen molar-refractivity contribution in [3.63, 3.8) is 0 Å². The van der Waals surface area contributed by atoms with Gasteiger partial charge in [0.15, 0.2) is 11.5 Å². The molecule has 0 aliphatic rings. The molecular weight excluding hydrogens is 478 g/mol. The molecule has 0 radical (unpaired) electrons. The highest BCUT2D eigenvalue weighted by Crippen LogP contribution is 2.39. The summed E-state index contributed by atoms with van der Waals surface area (Å²) in [4.78, 5) is 11.9. The van der Waals surface area contributed by atoms with Crippen LogP contribution in [0.4, 0.5) is 26.3 Å². The fourth-order valence-corrected chi connectivity index (χ4v) is 3.80. The number of ether oxygens (including phenoxy) is 2. The zero-order valence-corrected chi connectivity index (χ0v) is 19.0. The summed E-state index contributed by atoms with van der Waals surface area (Å²) in [6, 6.07) is 7.65. The van der Waals surface area contributed by atoms with Crippen LogP contribution in [-0.2, 0) is 25.3 Å². The maximum absolute atomic E-state index is 13.4. The van der Waals surface area contributed by atoms with E-state index >= 15 is 0 Å². The quantitative estimate of drug-likeness (QED) is 0.414. The third-order valence-electron chi connectivity index (χ3n) is 5.59. The molecule has 0 saturated carbocycles. The van der Waals surface area contributed by atoms with E-state index in [1.807, 2.05) is 0 Å². The number of rotatable bonds is 7. The molecule has 1 heterocycles. The van der Waals surface area contributed by atoms with E-state index in [-0.39, 0.29) is 29.4 Å². The third-order valence-corrected chi connectivity index (χ3v) is 5.59. The number of hydrogen-bond acceptors (Lipinski definition) is 3. The number of nitrogens with two attached hydrogens (primary N) is 1. The van der Waals surface area contributed by atoms with Gasteiger partial charge in [-0.15, -0.1) is 0 Å². The Morgan fingerprint density at radius 1 is 0.886 bits per heavy atom. The minimum atomic E-state index is -5.01. The second-order valence-corrected chi connectivity index (χ2v) is 7.78. The molecule has 3 rings (SSSR count). The number of carbonyl (C=O) groups excluding carboxylic acids is 1. The van der Waals surface area contributed by atoms with Gasteiger partial charge in [0.2, 0.25) is 0 Å². The van der Waals surface area contributed by atoms with Crippen LogP contribution in [0.2, 0.25) is 0 Å². The summed E-state index contributed by atoms with van der Waals surface area (Å²) in [5.74, 6) is 0.102. The van der Waals surface area contributed by atoms with Crippen molar-refractivity contribution in [1.82, 2.24) is 4.57 Å². The van der Waals surface area contributed by atoms with Gasteiger partial charge in [0.05, 0.1) is 30.9 Å². The van der Waals surface area contributed by atoms with Gasteiger partial charge in [-0.2, -0.15) is 26.3 Å². The zero-order valence-electron chi connectivity index (χ0n) is 19.0. The van der Waals surface area contributed by atoms with Crippen molar-refractivity contribution in [2.45, 2.75) is 32.2 Å². The van der Waals surface area contributed by atoms with E-state index in [1.165, 1.54) is 31.8 Å². The molecule has 188 valence electrons. The second-order valence-electron chi connectivity index (χ2n) is 7.78. The number of alkyl halides is 6. The maximum atomic E-state index is 13.4. The smallest absolute Gasteiger partial charge is 0.416 e. The summed E-state index contributed by atoms with van der Waals surface area (Å²) < 4.78 is 92.3. The van der Waals surface area contributed by atoms with Crippen molar-refractivity contribution >= 4 is 5.91 Å². The van der Waals surface area contributed by atoms with Crippen molar-refractivity contribution < 1.29 is 40.6 Å². The van der Waals surface area contributed by atoms with Gasteiger partial charge in [0.25, 0.3) is 5.91 Å². The van der Waals surface area contributed by atoms with E-state index < -0.39 is 29.4 Å². The van der Waals surface area contributed by atoms with Gasteiger partial charge < -0.3 is 19.8 Å². The fraction of sp³-hybridized carbons (Fsp3) is 0.292. The van der Waals surface area contributed by atoms with Crippen LogP contribution in [0.15, 0.2) is 42.5 Å². The Morgan fingerprint density at radius 2 is 1.46 bits per heavy atom. The molecule has 2 N–H and O–H groups in total. The average molecular weight is 500 g/mol. The molecule has 0 unspecified atom stereocenters. The molecule has 5 nitrogen and oxygen atoms in total. The number of aryl methyl sites for hydroxylation is 1. The SMILES string of the molecule is COc1ccc(CCn2c(-c3cc(C(F)(F)F)cc(C(F)(F)F)c3)cc(C(N)=O)c2C)cc1OC. The molecule has 3 aromatic rings. The normalized spacial score (nSPS) is 12.0. The molecular formula is C24H22F6N2O3. The lowest BCUT2D eigenvalue weighted by molar-refractivity contribution is -0.143. The first kappa shape index (κ1) is 26.0. The summed E-state index contributed by atoms with van der Waals surface area (Å²) in [7, 11) is 2.93. The molecule has 0 bridgehead atoms. The summed E-state index contributed by atoms with van der Waals surface area (Å²) in [5, 5.41) is 0. The maximum Gasteiger partial charge on any atom is 0.416 e. The highest BCUT2D eigenvalue weighted by molar-refractivity contribution is 5.95. The van der Waals surface area contributed by atoms with Crippen LogP contribution < -0.4 is 15.2 Å². The van der Waals surface area contributed by atoms with Crippen LogP contribution in [0, 0.1) is 6.92 Å². The summed E-state index contributed by atoms with van der Waals surface area (Å²) >= 11 is 0. The van der Waals surface area contributed by atoms with E-state index in [2.05, 4.69) is 0 Å². The van der Waals surface area contributed by atoms with E-state index in [0.717, 1.165) is 5.56 Å². The van der Waals surface area contributed by atoms with E-state index in [0.29, 0.717) is 35.7 Å². The number of methoxy groups -OCH3 is 2. The molecule has 2 aromatic carbocycles. The van der Waals surface area contributed by atoms with Crippen LogP contribution in [0.5, 0.6) is 11.5 Å². The fourth-order valence-electron chi connectivity index (χ4n) is 3.80. The van der Waals surface area contributed by atoms with Gasteiger partial charge in [0, 0.05) is 17.9 Å². The Balaban J connectivity index is 2.12. The van der Waals surface area contributed by atoms with Crippen molar-refractivity contribution in [3.05, 3.63) is 70.4 Å². The summed E-state index contributed by atoms with van der Waals surface area (Å²) in [5.41, 5.74) is 3.26. The number of nitrogens with zero attached hydrogens (tertiary/aromatic N) is 1. The number of halogens is 6. The van der Waals surface area contributed by atoms with Crippen LogP contribution in [-0.4, -0.2) is 24.7 Å². The molecule has 0 aliphatic carbocycles. The van der Waals surface area contributed by atoms with Gasteiger partial charge >= 0.3 is 12.4 Å². The lowest BCUT2D eigenvalue weighted by Crippen LogP contribution is -2.13. The Hall–Kier alpha value is -3.63. The van der Waals surface area contributed by atoms with Crippen molar-refractivity contribution in [3.8, 4) is 22.8 Å². The van der Waals surface area contributed by atoms with Crippen LogP contribution in [0.1, 0.15) is 32.7 Å². The topological polar surface area (TPSA) is 66.5 Å². The average Bonchev–Trinajstić information content (AvgIpc) is 3.12. The molecule has 0 fully saturated rings. The van der Waals surface area contributed by atoms with E-state index in [4.69, 9.17) is 15.2 Å². The van der Waals surface area contributed by atoms with Crippen molar-refractivity contribution in [2.75, 3.05) is 14.2 Å². The number of aromatic nitrogens is 1. The molecule has 0 atom stereocenters. The van der Waals surface area contributed by atoms with E-state index in [9.17, 15) is 31.1 Å². The molecule has 0 saturated heterocycles. The Labute approximate surface area is 197 Å². The van der Waals surface area contributed by atoms with E-state index in [1.54, 1.807) is 18.2 Å². The molecule has 11 heteroatoms. The molecule has 1 aromatic heterocycles. The largest absolute Gasteiger partial charge is 0.493 e. The number of carbonyl (C=O) groups is 1. The van der Waals surface area contributed by atoms with Crippen LogP contribution >= 0.6 is 0 Å². The van der Waals surface area contributed by atoms with Crippen molar-refractivity contribution in [1.29, 1.82) is 0 Å². The third kappa shape index (κ3) is 5.55. The van der Waals surface area contributed by atoms with Gasteiger partial charge in [-0.3, -0.25) is 4.79 Å². The Bertz CT molecular complexity index is 1210. The summed E-state index contributed by atoms with van der Waals surface area (Å²) in [6.45, 7) is 1.66. The van der Waals surface area contributed by atoms with Gasteiger partial charge in [-0.05, 0) is 60.9 Å². The second kappa shape index (κ2) is 9.55. The lowest BCUT2D eigenvalue weighted by atomic mass is 10.0. The Morgan fingerprint density at radius 3 is 1.94 bits per heavy atom. The lowest BCUT2D eigenvalue weighted by Gasteiger charge is -2.17. The Kier molecular flexibility index (Phi) is 7.09. The summed E-state index contributed by atoms with van der Waals surface area (Å²) in [6.07, 6.45) is -9.69. The molecule has 0 spiro atoms. The highest BCUT2D eigenvalue weighted by atomic mass is 19.4. The zero-order chi connectivity index (χ0) is 26.1. The van der Waals surface area contributed by atoms with Crippen molar-refractivity contribution in [2.24, 2.45) is 5.73 Å². The monoisotopic (exact) mass is 500 g/mol. The minimum Gasteiger partial charge on any atom is -0.493 e. The van der Waals surface area contributed by atoms with Gasteiger partial charge in [-0.25, -0.2) is 0 Å². The van der Waals surface area contributed by atoms with Gasteiger partial charge in [-0.1, -0.05) is 6.07 Å². The molecule has 1 amide bonds. The number of benzene rings is 2. The first-order valence-corrected chi connectivity index (χ1v) is 10.3. The van der Waals surface area contributed by atoms with Gasteiger partial charge in [0.1, 0.15) is 0 Å². The predicted octanol–water partition coefficient (Wildman–Crippen LogP) is 5.86. The number of primary amides is 1. The molecule has 0 aliphatic heterocycles. The molecule has 35 heavy (non-hydrogen) atoms. The first-order valence-electron chi connectivity index (χ1n) is 10.3. The number of amides is 1. The van der Waals surface area contributed by atoms with Crippen LogP contribution in [0.3, 0.4) is 0 Å². The van der Waals surface area contributed by atoms with Crippen LogP contribution in [0.25, 0.3) is 11.3 Å². The number of hydrogen-bond donors (Lipinski definition) is 1. The minimum absolute atomic E-state index is 0.00159. The predicted molar refractivity (Wildman–Crippen MR) is 116 cm³/mol. The highest BCUT2D eigenvalue weighted by Gasteiger charge is 2.37. The first-order chi connectivity index (χ1) is 16.3.